The molecule has 2 aliphatic heterocycles. The van der Waals surface area contributed by atoms with Crippen molar-refractivity contribution in [2.24, 2.45) is 5.92 Å². The number of aryl methyl sites for hydroxylation is 1. The van der Waals surface area contributed by atoms with Gasteiger partial charge in [0.25, 0.3) is 5.91 Å². The van der Waals surface area contributed by atoms with Crippen LogP contribution in [0.3, 0.4) is 0 Å². The molecule has 2 aliphatic rings. The molecule has 2 amide bonds. The zero-order valence-corrected chi connectivity index (χ0v) is 21.2. The smallest absolute Gasteiger partial charge is 0.253 e. The molecule has 2 heterocycles. The van der Waals surface area contributed by atoms with E-state index in [1.54, 1.807) is 0 Å². The van der Waals surface area contributed by atoms with Gasteiger partial charge in [-0.15, -0.1) is 0 Å². The van der Waals surface area contributed by atoms with Crippen molar-refractivity contribution in [1.82, 2.24) is 9.80 Å². The van der Waals surface area contributed by atoms with Crippen LogP contribution in [-0.4, -0.2) is 60.4 Å². The van der Waals surface area contributed by atoms with Crippen molar-refractivity contribution in [3.63, 3.8) is 0 Å². The first-order chi connectivity index (χ1) is 17.0. The van der Waals surface area contributed by atoms with Gasteiger partial charge in [-0.25, -0.2) is 0 Å². The Morgan fingerprint density at radius 3 is 2.20 bits per heavy atom. The lowest BCUT2D eigenvalue weighted by molar-refractivity contribution is -0.121. The third-order valence-electron chi connectivity index (χ3n) is 7.36. The largest absolute Gasteiger partial charge is 0.494 e. The van der Waals surface area contributed by atoms with Crippen LogP contribution in [0.25, 0.3) is 0 Å². The van der Waals surface area contributed by atoms with Crippen LogP contribution < -0.4 is 10.1 Å². The molecule has 2 aromatic carbocycles. The van der Waals surface area contributed by atoms with Crippen LogP contribution in [0.1, 0.15) is 61.4 Å². The van der Waals surface area contributed by atoms with Crippen molar-refractivity contribution in [2.75, 3.05) is 38.1 Å². The Morgan fingerprint density at radius 1 is 0.914 bits per heavy atom. The average molecular weight is 478 g/mol. The van der Waals surface area contributed by atoms with E-state index in [4.69, 9.17) is 4.74 Å². The van der Waals surface area contributed by atoms with Gasteiger partial charge in [-0.2, -0.15) is 0 Å². The zero-order chi connectivity index (χ0) is 24.6. The summed E-state index contributed by atoms with van der Waals surface area (Å²) in [4.78, 5) is 30.2. The summed E-state index contributed by atoms with van der Waals surface area (Å²) in [6.07, 6.45) is 5.91. The topological polar surface area (TPSA) is 61.9 Å². The monoisotopic (exact) mass is 477 g/mol. The number of anilines is 1. The van der Waals surface area contributed by atoms with Crippen molar-refractivity contribution < 1.29 is 14.3 Å². The average Bonchev–Trinajstić information content (AvgIpc) is 2.90. The predicted molar refractivity (Wildman–Crippen MR) is 140 cm³/mol. The summed E-state index contributed by atoms with van der Waals surface area (Å²) < 4.78 is 5.71. The molecule has 0 unspecified atom stereocenters. The lowest BCUT2D eigenvalue weighted by Gasteiger charge is -2.41. The molecule has 0 aromatic heterocycles. The normalized spacial score (nSPS) is 17.8. The fraction of sp³-hybridized carbons (Fsp3) is 0.517. The van der Waals surface area contributed by atoms with Gasteiger partial charge in [-0.05, 0) is 88.5 Å². The van der Waals surface area contributed by atoms with Crippen molar-refractivity contribution in [3.05, 3.63) is 59.7 Å². The zero-order valence-electron chi connectivity index (χ0n) is 21.2. The van der Waals surface area contributed by atoms with Crippen molar-refractivity contribution in [3.8, 4) is 5.75 Å². The van der Waals surface area contributed by atoms with Crippen LogP contribution >= 0.6 is 0 Å². The molecule has 0 saturated carbocycles. The number of hydrogen-bond donors (Lipinski definition) is 1. The molecule has 2 aromatic rings. The number of likely N-dealkylation sites (tertiary alicyclic amines) is 2. The third-order valence-corrected chi connectivity index (χ3v) is 7.36. The van der Waals surface area contributed by atoms with E-state index in [9.17, 15) is 9.59 Å². The third kappa shape index (κ3) is 6.85. The first kappa shape index (κ1) is 25.2. The minimum Gasteiger partial charge on any atom is -0.494 e. The highest BCUT2D eigenvalue weighted by Crippen LogP contribution is 2.26. The van der Waals surface area contributed by atoms with E-state index in [0.29, 0.717) is 12.6 Å². The lowest BCUT2D eigenvalue weighted by Crippen LogP contribution is -2.49. The summed E-state index contributed by atoms with van der Waals surface area (Å²) in [6.45, 7) is 8.37. The maximum Gasteiger partial charge on any atom is 0.253 e. The number of nitrogens with one attached hydrogen (secondary N) is 1. The van der Waals surface area contributed by atoms with Crippen LogP contribution in [0.2, 0.25) is 0 Å². The highest BCUT2D eigenvalue weighted by molar-refractivity contribution is 5.94. The van der Waals surface area contributed by atoms with Crippen molar-refractivity contribution >= 4 is 17.5 Å². The summed E-state index contributed by atoms with van der Waals surface area (Å²) in [5.41, 5.74) is 2.79. The van der Waals surface area contributed by atoms with Gasteiger partial charge in [0, 0.05) is 36.3 Å². The Balaban J connectivity index is 1.19. The molecule has 0 spiro atoms. The maximum atomic E-state index is 13.0. The van der Waals surface area contributed by atoms with Gasteiger partial charge in [-0.1, -0.05) is 31.0 Å². The fourth-order valence-electron chi connectivity index (χ4n) is 5.05. The van der Waals surface area contributed by atoms with Crippen LogP contribution in [-0.2, 0) is 4.79 Å². The first-order valence-electron chi connectivity index (χ1n) is 13.2. The number of ether oxygens (including phenoxy) is 1. The molecular weight excluding hydrogens is 438 g/mol. The minimum atomic E-state index is 0.0724. The van der Waals surface area contributed by atoms with Crippen molar-refractivity contribution in [1.29, 1.82) is 0 Å². The molecule has 2 fully saturated rings. The number of amides is 2. The molecule has 35 heavy (non-hydrogen) atoms. The second-order valence-corrected chi connectivity index (χ2v) is 9.92. The molecule has 0 atom stereocenters. The van der Waals surface area contributed by atoms with E-state index in [0.717, 1.165) is 81.7 Å². The van der Waals surface area contributed by atoms with Crippen LogP contribution in [0.15, 0.2) is 48.5 Å². The van der Waals surface area contributed by atoms with E-state index in [2.05, 4.69) is 17.1 Å². The molecule has 0 radical (unpaired) electrons. The molecular formula is C29H39N3O3. The van der Waals surface area contributed by atoms with E-state index in [1.807, 2.05) is 60.4 Å². The summed E-state index contributed by atoms with van der Waals surface area (Å²) >= 11 is 0. The lowest BCUT2D eigenvalue weighted by atomic mass is 9.92. The van der Waals surface area contributed by atoms with E-state index >= 15 is 0 Å². The van der Waals surface area contributed by atoms with E-state index < -0.39 is 0 Å². The maximum absolute atomic E-state index is 13.0. The Morgan fingerprint density at radius 2 is 1.57 bits per heavy atom. The van der Waals surface area contributed by atoms with Gasteiger partial charge in [0.1, 0.15) is 5.75 Å². The molecule has 2 saturated heterocycles. The molecule has 1 N–H and O–H groups in total. The summed E-state index contributed by atoms with van der Waals surface area (Å²) in [7, 11) is 0. The number of rotatable bonds is 8. The van der Waals surface area contributed by atoms with Gasteiger partial charge in [-0.3, -0.25) is 9.59 Å². The molecule has 6 nitrogen and oxygen atoms in total. The standard InChI is InChI=1S/C29H39N3O3/c1-3-4-21-35-27-11-7-24(8-12-27)29(34)32-19-15-26(16-20-32)31-17-13-23(14-18-31)28(33)30-25-9-5-22(2)6-10-25/h5-12,23,26H,3-4,13-21H2,1-2H3,(H,30,33). The molecule has 0 aliphatic carbocycles. The fourth-order valence-corrected chi connectivity index (χ4v) is 5.05. The van der Waals surface area contributed by atoms with E-state index in [1.165, 1.54) is 5.56 Å². The minimum absolute atomic E-state index is 0.0724. The summed E-state index contributed by atoms with van der Waals surface area (Å²) in [5, 5.41) is 3.07. The first-order valence-corrected chi connectivity index (χ1v) is 13.2. The summed E-state index contributed by atoms with van der Waals surface area (Å²) in [6, 6.07) is 16.0. The van der Waals surface area contributed by atoms with Gasteiger partial charge < -0.3 is 19.9 Å². The molecule has 188 valence electrons. The SMILES string of the molecule is CCCCOc1ccc(C(=O)N2CCC(N3CCC(C(=O)Nc4ccc(C)cc4)CC3)CC2)cc1. The number of carbonyl (C=O) groups is 2. The summed E-state index contributed by atoms with van der Waals surface area (Å²) in [5.74, 6) is 1.14. The number of unbranched alkanes of at least 4 members (excludes halogenated alkanes) is 1. The van der Waals surface area contributed by atoms with Crippen molar-refractivity contribution in [2.45, 2.75) is 58.4 Å². The number of hydrogen-bond acceptors (Lipinski definition) is 4. The number of piperidine rings is 2. The van der Waals surface area contributed by atoms with Gasteiger partial charge in [0.05, 0.1) is 6.61 Å². The Labute approximate surface area is 209 Å². The predicted octanol–water partition coefficient (Wildman–Crippen LogP) is 5.13. The second kappa shape index (κ2) is 12.2. The Kier molecular flexibility index (Phi) is 8.80. The van der Waals surface area contributed by atoms with Gasteiger partial charge in [0.15, 0.2) is 0 Å². The van der Waals surface area contributed by atoms with E-state index in [-0.39, 0.29) is 17.7 Å². The number of carbonyl (C=O) groups excluding carboxylic acids is 2. The van der Waals surface area contributed by atoms with Crippen LogP contribution in [0, 0.1) is 12.8 Å². The second-order valence-electron chi connectivity index (χ2n) is 9.92. The van der Waals surface area contributed by atoms with Gasteiger partial charge in [0.2, 0.25) is 5.91 Å². The quantitative estimate of drug-likeness (QED) is 0.536. The molecule has 0 bridgehead atoms. The number of nitrogens with zero attached hydrogens (tertiary/aromatic N) is 2. The molecule has 4 rings (SSSR count). The van der Waals surface area contributed by atoms with Crippen LogP contribution in [0.4, 0.5) is 5.69 Å². The molecule has 6 heteroatoms. The van der Waals surface area contributed by atoms with Crippen LogP contribution in [0.5, 0.6) is 5.75 Å². The number of benzene rings is 2. The highest BCUT2D eigenvalue weighted by Gasteiger charge is 2.32. The highest BCUT2D eigenvalue weighted by atomic mass is 16.5. The Bertz CT molecular complexity index is 958. The van der Waals surface area contributed by atoms with Gasteiger partial charge >= 0.3 is 0 Å². The Hall–Kier alpha value is -2.86.